The lowest BCUT2D eigenvalue weighted by atomic mass is 9.95. The fourth-order valence-corrected chi connectivity index (χ4v) is 3.02. The number of hydrogen-bond donors (Lipinski definition) is 1. The summed E-state index contributed by atoms with van der Waals surface area (Å²) in [5.74, 6) is -1.18. The summed E-state index contributed by atoms with van der Waals surface area (Å²) in [6.45, 7) is 2.73. The van der Waals surface area contributed by atoms with Crippen molar-refractivity contribution in [3.05, 3.63) is 28.8 Å². The first kappa shape index (κ1) is 16.4. The molecule has 0 saturated carbocycles. The number of anilines is 1. The molecule has 0 amide bonds. The van der Waals surface area contributed by atoms with Crippen LogP contribution < -0.4 is 10.6 Å². The van der Waals surface area contributed by atoms with Gasteiger partial charge in [-0.2, -0.15) is 13.2 Å². The summed E-state index contributed by atoms with van der Waals surface area (Å²) in [6, 6.07) is 5.50. The third-order valence-corrected chi connectivity index (χ3v) is 4.12. The van der Waals surface area contributed by atoms with Gasteiger partial charge in [0.2, 0.25) is 0 Å². The maximum atomic E-state index is 12.7. The number of hydrogen-bond acceptors (Lipinski definition) is 2. The lowest BCUT2D eigenvalue weighted by molar-refractivity contribution is -0.179. The molecule has 1 aromatic carbocycles. The number of alkyl halides is 3. The third-order valence-electron chi connectivity index (χ3n) is 3.88. The van der Waals surface area contributed by atoms with Gasteiger partial charge in [0.1, 0.15) is 0 Å². The second kappa shape index (κ2) is 6.44. The van der Waals surface area contributed by atoms with E-state index in [9.17, 15) is 13.2 Å². The van der Waals surface area contributed by atoms with Crippen LogP contribution in [0.2, 0.25) is 5.02 Å². The van der Waals surface area contributed by atoms with Crippen molar-refractivity contribution in [3.63, 3.8) is 0 Å². The average molecular weight is 321 g/mol. The number of rotatable bonds is 3. The van der Waals surface area contributed by atoms with Crippen LogP contribution in [0.4, 0.5) is 18.9 Å². The number of benzene rings is 1. The molecule has 0 bridgehead atoms. The molecule has 1 saturated heterocycles. The first-order valence-electron chi connectivity index (χ1n) is 7.13. The van der Waals surface area contributed by atoms with Crippen molar-refractivity contribution in [2.75, 3.05) is 18.0 Å². The highest BCUT2D eigenvalue weighted by atomic mass is 35.5. The van der Waals surface area contributed by atoms with Crippen molar-refractivity contribution in [2.45, 2.75) is 38.4 Å². The number of nitrogens with zero attached hydrogens (tertiary/aromatic N) is 1. The van der Waals surface area contributed by atoms with Gasteiger partial charge in [-0.1, -0.05) is 11.6 Å². The van der Waals surface area contributed by atoms with E-state index in [0.717, 1.165) is 11.3 Å². The van der Waals surface area contributed by atoms with E-state index in [1.165, 1.54) is 0 Å². The smallest absolute Gasteiger partial charge is 0.371 e. The summed E-state index contributed by atoms with van der Waals surface area (Å²) in [7, 11) is 0. The van der Waals surface area contributed by atoms with Crippen LogP contribution in [-0.2, 0) is 6.42 Å². The van der Waals surface area contributed by atoms with Gasteiger partial charge in [0.05, 0.1) is 5.92 Å². The summed E-state index contributed by atoms with van der Waals surface area (Å²) in [5.41, 5.74) is 7.80. The first-order chi connectivity index (χ1) is 9.77. The molecule has 118 valence electrons. The molecule has 1 heterocycles. The van der Waals surface area contributed by atoms with Gasteiger partial charge in [-0.3, -0.25) is 0 Å². The predicted molar refractivity (Wildman–Crippen MR) is 79.8 cm³/mol. The Bertz CT molecular complexity index is 480. The Morgan fingerprint density at radius 3 is 2.48 bits per heavy atom. The zero-order chi connectivity index (χ0) is 15.6. The SMILES string of the molecule is CC(N)Cc1cc(Cl)ccc1N1CCC(C(F)(F)F)CC1. The van der Waals surface area contributed by atoms with E-state index in [1.54, 1.807) is 6.07 Å². The molecule has 2 N–H and O–H groups in total. The predicted octanol–water partition coefficient (Wildman–Crippen LogP) is 4.01. The summed E-state index contributed by atoms with van der Waals surface area (Å²) in [6.07, 6.45) is -3.14. The standard InChI is InChI=1S/C15H20ClF3N2/c1-10(20)8-11-9-13(16)2-3-14(11)21-6-4-12(5-7-21)15(17,18)19/h2-3,9-10,12H,4-8,20H2,1H3. The highest BCUT2D eigenvalue weighted by molar-refractivity contribution is 6.30. The van der Waals surface area contributed by atoms with Crippen molar-refractivity contribution in [3.8, 4) is 0 Å². The first-order valence-corrected chi connectivity index (χ1v) is 7.51. The molecule has 2 rings (SSSR count). The molecule has 1 atom stereocenters. The third kappa shape index (κ3) is 4.27. The van der Waals surface area contributed by atoms with Gasteiger partial charge in [0, 0.05) is 29.8 Å². The van der Waals surface area contributed by atoms with Gasteiger partial charge in [0.15, 0.2) is 0 Å². The van der Waals surface area contributed by atoms with E-state index in [2.05, 4.69) is 0 Å². The van der Waals surface area contributed by atoms with Crippen LogP contribution in [0.15, 0.2) is 18.2 Å². The van der Waals surface area contributed by atoms with E-state index >= 15 is 0 Å². The Morgan fingerprint density at radius 2 is 1.95 bits per heavy atom. The van der Waals surface area contributed by atoms with Gasteiger partial charge in [-0.25, -0.2) is 0 Å². The molecule has 1 aromatic rings. The molecule has 1 aliphatic rings. The lowest BCUT2D eigenvalue weighted by Crippen LogP contribution is -2.39. The Hall–Kier alpha value is -0.940. The van der Waals surface area contributed by atoms with Crippen LogP contribution in [0.25, 0.3) is 0 Å². The highest BCUT2D eigenvalue weighted by Gasteiger charge is 2.41. The fraction of sp³-hybridized carbons (Fsp3) is 0.600. The summed E-state index contributed by atoms with van der Waals surface area (Å²) < 4.78 is 38.2. The molecule has 2 nitrogen and oxygen atoms in total. The minimum Gasteiger partial charge on any atom is -0.371 e. The molecule has 21 heavy (non-hydrogen) atoms. The van der Waals surface area contributed by atoms with Gasteiger partial charge in [0.25, 0.3) is 0 Å². The summed E-state index contributed by atoms with van der Waals surface area (Å²) >= 11 is 6.01. The molecule has 1 fully saturated rings. The minimum atomic E-state index is -4.08. The monoisotopic (exact) mass is 320 g/mol. The molecule has 0 radical (unpaired) electrons. The van der Waals surface area contributed by atoms with E-state index in [0.29, 0.717) is 24.5 Å². The number of nitrogens with two attached hydrogens (primary N) is 1. The minimum absolute atomic E-state index is 0.0186. The van der Waals surface area contributed by atoms with Crippen LogP contribution in [0.3, 0.4) is 0 Å². The summed E-state index contributed by atoms with van der Waals surface area (Å²) in [4.78, 5) is 2.01. The Kier molecular flexibility index (Phi) is 5.04. The molecule has 6 heteroatoms. The van der Waals surface area contributed by atoms with E-state index in [4.69, 9.17) is 17.3 Å². The van der Waals surface area contributed by atoms with Crippen molar-refractivity contribution in [1.29, 1.82) is 0 Å². The van der Waals surface area contributed by atoms with Crippen molar-refractivity contribution in [1.82, 2.24) is 0 Å². The molecule has 0 spiro atoms. The van der Waals surface area contributed by atoms with Crippen LogP contribution >= 0.6 is 11.6 Å². The van der Waals surface area contributed by atoms with Crippen molar-refractivity contribution in [2.24, 2.45) is 11.7 Å². The van der Waals surface area contributed by atoms with Crippen LogP contribution in [0.1, 0.15) is 25.3 Å². The fourth-order valence-electron chi connectivity index (χ4n) is 2.82. The largest absolute Gasteiger partial charge is 0.391 e. The van der Waals surface area contributed by atoms with Crippen LogP contribution in [0.5, 0.6) is 0 Å². The molecule has 1 unspecified atom stereocenters. The topological polar surface area (TPSA) is 29.3 Å². The van der Waals surface area contributed by atoms with Crippen LogP contribution in [-0.4, -0.2) is 25.3 Å². The number of piperidine rings is 1. The lowest BCUT2D eigenvalue weighted by Gasteiger charge is -2.35. The number of halogens is 4. The molecular weight excluding hydrogens is 301 g/mol. The van der Waals surface area contributed by atoms with Crippen molar-refractivity contribution >= 4 is 17.3 Å². The maximum Gasteiger partial charge on any atom is 0.391 e. The average Bonchev–Trinajstić information content (AvgIpc) is 2.37. The van der Waals surface area contributed by atoms with Crippen molar-refractivity contribution < 1.29 is 13.2 Å². The van der Waals surface area contributed by atoms with E-state index in [1.807, 2.05) is 24.0 Å². The van der Waals surface area contributed by atoms with Crippen LogP contribution in [0, 0.1) is 5.92 Å². The maximum absolute atomic E-state index is 12.7. The molecule has 0 aromatic heterocycles. The Morgan fingerprint density at radius 1 is 1.33 bits per heavy atom. The second-order valence-corrected chi connectivity index (χ2v) is 6.19. The molecular formula is C15H20ClF3N2. The van der Waals surface area contributed by atoms with Gasteiger partial charge in [-0.05, 0) is 49.9 Å². The van der Waals surface area contributed by atoms with E-state index < -0.39 is 12.1 Å². The van der Waals surface area contributed by atoms with E-state index in [-0.39, 0.29) is 18.9 Å². The van der Waals surface area contributed by atoms with Gasteiger partial charge < -0.3 is 10.6 Å². The second-order valence-electron chi connectivity index (χ2n) is 5.76. The zero-order valence-electron chi connectivity index (χ0n) is 12.0. The Labute approximate surface area is 128 Å². The Balaban J connectivity index is 2.13. The quantitative estimate of drug-likeness (QED) is 0.912. The highest BCUT2D eigenvalue weighted by Crippen LogP contribution is 2.36. The molecule has 0 aliphatic carbocycles. The summed E-state index contributed by atoms with van der Waals surface area (Å²) in [5, 5.41) is 0.625. The zero-order valence-corrected chi connectivity index (χ0v) is 12.7. The van der Waals surface area contributed by atoms with Gasteiger partial charge >= 0.3 is 6.18 Å². The molecule has 1 aliphatic heterocycles. The van der Waals surface area contributed by atoms with Gasteiger partial charge in [-0.15, -0.1) is 0 Å². The normalized spacial score (nSPS) is 18.9.